The SMILES string of the molecule is CC(CC1CCCC(Cc2ncnc3c2C=CCC3)CCC1)C(=O)CCCCc1ccccc1. The van der Waals surface area contributed by atoms with Crippen molar-refractivity contribution >= 4 is 11.9 Å². The van der Waals surface area contributed by atoms with Crippen LogP contribution in [-0.2, 0) is 24.1 Å². The molecule has 0 amide bonds. The maximum Gasteiger partial charge on any atom is 0.135 e. The van der Waals surface area contributed by atoms with E-state index in [9.17, 15) is 4.79 Å². The van der Waals surface area contributed by atoms with Crippen LogP contribution in [0.2, 0.25) is 0 Å². The van der Waals surface area contributed by atoms with Crippen molar-refractivity contribution in [2.75, 3.05) is 0 Å². The van der Waals surface area contributed by atoms with Crippen LogP contribution in [0.1, 0.15) is 100 Å². The lowest BCUT2D eigenvalue weighted by Gasteiger charge is -2.26. The summed E-state index contributed by atoms with van der Waals surface area (Å²) in [5.74, 6) is 2.16. The van der Waals surface area contributed by atoms with Gasteiger partial charge >= 0.3 is 0 Å². The number of Topliss-reactive ketones (excluding diaryl/α,β-unsaturated/α-hetero) is 1. The summed E-state index contributed by atoms with van der Waals surface area (Å²) in [7, 11) is 0. The predicted molar refractivity (Wildman–Crippen MR) is 141 cm³/mol. The summed E-state index contributed by atoms with van der Waals surface area (Å²) in [6.07, 6.45) is 22.3. The Balaban J connectivity index is 1.16. The van der Waals surface area contributed by atoms with E-state index in [1.807, 2.05) is 0 Å². The van der Waals surface area contributed by atoms with E-state index in [4.69, 9.17) is 0 Å². The number of unbranched alkanes of at least 4 members (excludes halogenated alkanes) is 1. The lowest BCUT2D eigenvalue weighted by molar-refractivity contribution is -0.123. The fourth-order valence-corrected chi connectivity index (χ4v) is 5.99. The molecule has 1 unspecified atom stereocenters. The molecule has 0 N–H and O–H groups in total. The molecular formula is C31H42N2O. The van der Waals surface area contributed by atoms with Gasteiger partial charge in [-0.25, -0.2) is 9.97 Å². The highest BCUT2D eigenvalue weighted by atomic mass is 16.1. The maximum absolute atomic E-state index is 12.7. The van der Waals surface area contributed by atoms with Crippen LogP contribution in [0.15, 0.2) is 42.7 Å². The van der Waals surface area contributed by atoms with Crippen LogP contribution in [0.4, 0.5) is 0 Å². The van der Waals surface area contributed by atoms with Crippen molar-refractivity contribution in [3.8, 4) is 0 Å². The number of carbonyl (C=O) groups excluding carboxylic acids is 1. The van der Waals surface area contributed by atoms with Crippen LogP contribution in [0, 0.1) is 17.8 Å². The molecule has 0 spiro atoms. The number of aromatic nitrogens is 2. The molecule has 1 aromatic heterocycles. The van der Waals surface area contributed by atoms with E-state index in [1.165, 1.54) is 61.0 Å². The molecule has 2 aromatic rings. The van der Waals surface area contributed by atoms with Gasteiger partial charge in [0.1, 0.15) is 12.1 Å². The summed E-state index contributed by atoms with van der Waals surface area (Å²) in [4.78, 5) is 21.9. The van der Waals surface area contributed by atoms with Gasteiger partial charge in [-0.15, -0.1) is 0 Å². The van der Waals surface area contributed by atoms with E-state index in [1.54, 1.807) is 6.33 Å². The Hall–Kier alpha value is -2.29. The zero-order valence-electron chi connectivity index (χ0n) is 21.1. The quantitative estimate of drug-likeness (QED) is 0.345. The van der Waals surface area contributed by atoms with Crippen LogP contribution >= 0.6 is 0 Å². The van der Waals surface area contributed by atoms with E-state index in [0.29, 0.717) is 5.78 Å². The average Bonchev–Trinajstić information content (AvgIpc) is 2.85. The third-order valence-corrected chi connectivity index (χ3v) is 8.03. The highest BCUT2D eigenvalue weighted by Gasteiger charge is 2.23. The summed E-state index contributed by atoms with van der Waals surface area (Å²) in [6, 6.07) is 10.6. The Kier molecular flexibility index (Phi) is 9.47. The molecule has 1 heterocycles. The minimum Gasteiger partial charge on any atom is -0.299 e. The molecule has 3 nitrogen and oxygen atoms in total. The lowest BCUT2D eigenvalue weighted by atomic mass is 9.79. The molecule has 2 aliphatic carbocycles. The molecule has 1 saturated carbocycles. The van der Waals surface area contributed by atoms with Gasteiger partial charge in [-0.05, 0) is 62.3 Å². The highest BCUT2D eigenvalue weighted by molar-refractivity contribution is 5.80. The van der Waals surface area contributed by atoms with Crippen LogP contribution in [0.3, 0.4) is 0 Å². The van der Waals surface area contributed by atoms with E-state index < -0.39 is 0 Å². The van der Waals surface area contributed by atoms with Gasteiger partial charge in [0, 0.05) is 17.9 Å². The van der Waals surface area contributed by atoms with E-state index in [2.05, 4.69) is 59.4 Å². The third kappa shape index (κ3) is 7.35. The van der Waals surface area contributed by atoms with Crippen LogP contribution in [0.5, 0.6) is 0 Å². The molecule has 0 aliphatic heterocycles. The number of carbonyl (C=O) groups is 1. The first-order chi connectivity index (χ1) is 16.7. The molecule has 0 bridgehead atoms. The molecular weight excluding hydrogens is 416 g/mol. The molecule has 3 heteroatoms. The smallest absolute Gasteiger partial charge is 0.135 e. The fourth-order valence-electron chi connectivity index (χ4n) is 5.99. The zero-order chi connectivity index (χ0) is 23.6. The maximum atomic E-state index is 12.7. The lowest BCUT2D eigenvalue weighted by Crippen LogP contribution is -2.18. The molecule has 0 saturated heterocycles. The highest BCUT2D eigenvalue weighted by Crippen LogP contribution is 2.33. The van der Waals surface area contributed by atoms with Crippen LogP contribution in [0.25, 0.3) is 6.08 Å². The number of allylic oxidation sites excluding steroid dienone is 1. The second-order valence-corrected chi connectivity index (χ2v) is 10.7. The van der Waals surface area contributed by atoms with Gasteiger partial charge in [0.2, 0.25) is 0 Å². The number of nitrogens with zero attached hydrogens (tertiary/aromatic N) is 2. The monoisotopic (exact) mass is 458 g/mol. The molecule has 2 aliphatic rings. The minimum atomic E-state index is 0.219. The molecule has 1 aromatic carbocycles. The number of hydrogen-bond acceptors (Lipinski definition) is 3. The Labute approximate surface area is 206 Å². The fraction of sp³-hybridized carbons (Fsp3) is 0.581. The van der Waals surface area contributed by atoms with Crippen LogP contribution in [-0.4, -0.2) is 15.8 Å². The summed E-state index contributed by atoms with van der Waals surface area (Å²) >= 11 is 0. The van der Waals surface area contributed by atoms with Gasteiger partial charge < -0.3 is 0 Å². The molecule has 34 heavy (non-hydrogen) atoms. The number of rotatable bonds is 10. The Bertz CT molecular complexity index is 926. The number of benzene rings is 1. The zero-order valence-corrected chi connectivity index (χ0v) is 21.1. The van der Waals surface area contributed by atoms with Gasteiger partial charge in [-0.3, -0.25) is 4.79 Å². The summed E-state index contributed by atoms with van der Waals surface area (Å²) in [5.41, 5.74) is 5.17. The van der Waals surface area contributed by atoms with Crippen molar-refractivity contribution in [1.82, 2.24) is 9.97 Å². The number of ketones is 1. The average molecular weight is 459 g/mol. The van der Waals surface area contributed by atoms with E-state index in [-0.39, 0.29) is 5.92 Å². The van der Waals surface area contributed by atoms with Crippen molar-refractivity contribution in [3.63, 3.8) is 0 Å². The number of hydrogen-bond donors (Lipinski definition) is 0. The molecule has 1 fully saturated rings. The Morgan fingerprint density at radius 3 is 2.56 bits per heavy atom. The summed E-state index contributed by atoms with van der Waals surface area (Å²) in [6.45, 7) is 2.17. The second kappa shape index (κ2) is 13.0. The van der Waals surface area contributed by atoms with Gasteiger partial charge in [-0.1, -0.05) is 87.9 Å². The topological polar surface area (TPSA) is 42.9 Å². The standard InChI is InChI=1S/C31H42N2O/c1-24(31(34)20-8-5-13-25-11-3-2-4-12-25)21-26-14-9-16-27(17-10-15-26)22-30-28-18-6-7-19-29(28)32-23-33-30/h2-4,6,11-12,18,23-24,26-27H,5,7-10,13-17,19-22H2,1H3. The van der Waals surface area contributed by atoms with Gasteiger partial charge in [0.05, 0.1) is 11.4 Å². The van der Waals surface area contributed by atoms with Crippen LogP contribution < -0.4 is 0 Å². The van der Waals surface area contributed by atoms with Crippen molar-refractivity contribution < 1.29 is 4.79 Å². The molecule has 1 atom stereocenters. The largest absolute Gasteiger partial charge is 0.299 e. The van der Waals surface area contributed by atoms with Gasteiger partial charge in [-0.2, -0.15) is 0 Å². The molecule has 0 radical (unpaired) electrons. The van der Waals surface area contributed by atoms with E-state index >= 15 is 0 Å². The first-order valence-corrected chi connectivity index (χ1v) is 13.7. The normalized spacial score (nSPS) is 21.3. The summed E-state index contributed by atoms with van der Waals surface area (Å²) < 4.78 is 0. The van der Waals surface area contributed by atoms with E-state index in [0.717, 1.165) is 63.2 Å². The van der Waals surface area contributed by atoms with Crippen molar-refractivity contribution in [2.24, 2.45) is 17.8 Å². The molecule has 4 rings (SSSR count). The first-order valence-electron chi connectivity index (χ1n) is 13.7. The minimum absolute atomic E-state index is 0.219. The van der Waals surface area contributed by atoms with Crippen molar-refractivity contribution in [3.05, 3.63) is 65.2 Å². The van der Waals surface area contributed by atoms with Gasteiger partial charge in [0.25, 0.3) is 0 Å². The third-order valence-electron chi connectivity index (χ3n) is 8.03. The van der Waals surface area contributed by atoms with Crippen molar-refractivity contribution in [1.29, 1.82) is 0 Å². The van der Waals surface area contributed by atoms with Gasteiger partial charge in [0.15, 0.2) is 0 Å². The van der Waals surface area contributed by atoms with Crippen molar-refractivity contribution in [2.45, 2.75) is 96.8 Å². The summed E-state index contributed by atoms with van der Waals surface area (Å²) in [5, 5.41) is 0. The number of aryl methyl sites for hydroxylation is 2. The second-order valence-electron chi connectivity index (χ2n) is 10.7. The number of fused-ring (bicyclic) bond motifs is 1. The Morgan fingerprint density at radius 1 is 1.00 bits per heavy atom. The predicted octanol–water partition coefficient (Wildman–Crippen LogP) is 7.57. The first kappa shape index (κ1) is 24.8. The molecule has 182 valence electrons. The Morgan fingerprint density at radius 2 is 1.76 bits per heavy atom.